The normalized spacial score (nSPS) is 18.9. The van der Waals surface area contributed by atoms with E-state index in [-0.39, 0.29) is 17.5 Å². The summed E-state index contributed by atoms with van der Waals surface area (Å²) >= 11 is 0. The van der Waals surface area contributed by atoms with Gasteiger partial charge >= 0.3 is 0 Å². The lowest BCUT2D eigenvalue weighted by atomic mass is 10.0. The van der Waals surface area contributed by atoms with E-state index in [1.165, 1.54) is 6.20 Å². The summed E-state index contributed by atoms with van der Waals surface area (Å²) in [5.41, 5.74) is 1.70. The number of nitrogens with zero attached hydrogens (tertiary/aromatic N) is 3. The van der Waals surface area contributed by atoms with Gasteiger partial charge in [0.05, 0.1) is 4.92 Å². The van der Waals surface area contributed by atoms with E-state index in [4.69, 9.17) is 0 Å². The molecule has 20 heavy (non-hydrogen) atoms. The molecule has 1 aromatic rings. The topological polar surface area (TPSA) is 76.3 Å². The van der Waals surface area contributed by atoms with E-state index in [1.807, 2.05) is 4.90 Å². The lowest BCUT2D eigenvalue weighted by Crippen LogP contribution is -2.39. The molecule has 0 atom stereocenters. The Hall–Kier alpha value is -1.98. The summed E-state index contributed by atoms with van der Waals surface area (Å²) in [4.78, 5) is 28.7. The summed E-state index contributed by atoms with van der Waals surface area (Å²) in [6.07, 6.45) is 6.21. The lowest BCUT2D eigenvalue weighted by molar-refractivity contribution is -0.385. The molecule has 3 rings (SSSR count). The van der Waals surface area contributed by atoms with Gasteiger partial charge in [-0.15, -0.1) is 0 Å². The molecule has 0 unspecified atom stereocenters. The van der Waals surface area contributed by atoms with Crippen LogP contribution in [0.25, 0.3) is 0 Å². The van der Waals surface area contributed by atoms with E-state index in [1.54, 1.807) is 6.07 Å². The van der Waals surface area contributed by atoms with Crippen molar-refractivity contribution in [1.29, 1.82) is 0 Å². The van der Waals surface area contributed by atoms with Crippen molar-refractivity contribution in [2.75, 3.05) is 6.54 Å². The van der Waals surface area contributed by atoms with Crippen molar-refractivity contribution in [2.24, 2.45) is 5.92 Å². The first-order valence-corrected chi connectivity index (χ1v) is 7.06. The molecule has 0 radical (unpaired) electrons. The van der Waals surface area contributed by atoms with Crippen LogP contribution in [-0.2, 0) is 17.8 Å². The molecular formula is C14H17N3O3. The van der Waals surface area contributed by atoms with E-state index < -0.39 is 4.92 Å². The second-order valence-corrected chi connectivity index (χ2v) is 5.55. The monoisotopic (exact) mass is 275 g/mol. The fraction of sp³-hybridized carbons (Fsp3) is 0.571. The van der Waals surface area contributed by atoms with Crippen LogP contribution in [0, 0.1) is 16.0 Å². The number of rotatable bonds is 2. The molecule has 1 aliphatic carbocycles. The van der Waals surface area contributed by atoms with E-state index in [2.05, 4.69) is 4.98 Å². The van der Waals surface area contributed by atoms with Crippen molar-refractivity contribution in [3.63, 3.8) is 0 Å². The molecule has 0 spiro atoms. The second-order valence-electron chi connectivity index (χ2n) is 5.55. The Labute approximate surface area is 116 Å². The van der Waals surface area contributed by atoms with Crippen LogP contribution in [0.1, 0.15) is 36.9 Å². The van der Waals surface area contributed by atoms with E-state index in [9.17, 15) is 14.9 Å². The Morgan fingerprint density at radius 3 is 2.85 bits per heavy atom. The van der Waals surface area contributed by atoms with Gasteiger partial charge in [0.1, 0.15) is 6.20 Å². The minimum absolute atomic E-state index is 0.00100. The predicted molar refractivity (Wildman–Crippen MR) is 72.0 cm³/mol. The summed E-state index contributed by atoms with van der Waals surface area (Å²) in [7, 11) is 0. The fourth-order valence-electron chi connectivity index (χ4n) is 3.13. The standard InChI is InChI=1S/C14H17N3O3/c18-14(10-3-1-2-4-10)16-6-5-13-11(9-16)7-12(8-15-13)17(19)20/h7-8,10H,1-6,9H2. The Bertz CT molecular complexity index is 553. The highest BCUT2D eigenvalue weighted by Gasteiger charge is 2.30. The van der Waals surface area contributed by atoms with Gasteiger partial charge in [0.25, 0.3) is 5.69 Å². The molecule has 1 saturated carbocycles. The van der Waals surface area contributed by atoms with Crippen LogP contribution in [0.3, 0.4) is 0 Å². The molecular weight excluding hydrogens is 258 g/mol. The van der Waals surface area contributed by atoms with E-state index >= 15 is 0 Å². The third kappa shape index (κ3) is 2.37. The Balaban J connectivity index is 1.78. The Morgan fingerprint density at radius 1 is 1.40 bits per heavy atom. The van der Waals surface area contributed by atoms with Gasteiger partial charge in [-0.25, -0.2) is 0 Å². The average molecular weight is 275 g/mol. The number of fused-ring (bicyclic) bond motifs is 1. The van der Waals surface area contributed by atoms with Crippen molar-refractivity contribution < 1.29 is 9.72 Å². The number of carbonyl (C=O) groups is 1. The molecule has 1 fully saturated rings. The van der Waals surface area contributed by atoms with Gasteiger partial charge < -0.3 is 4.90 Å². The second kappa shape index (κ2) is 5.19. The highest BCUT2D eigenvalue weighted by Crippen LogP contribution is 2.29. The van der Waals surface area contributed by atoms with Gasteiger partial charge in [0, 0.05) is 37.2 Å². The van der Waals surface area contributed by atoms with Crippen molar-refractivity contribution in [2.45, 2.75) is 38.6 Å². The van der Waals surface area contributed by atoms with Gasteiger partial charge in [0.15, 0.2) is 0 Å². The average Bonchev–Trinajstić information content (AvgIpc) is 2.99. The molecule has 0 saturated heterocycles. The highest BCUT2D eigenvalue weighted by molar-refractivity contribution is 5.79. The summed E-state index contributed by atoms with van der Waals surface area (Å²) in [5, 5.41) is 10.8. The van der Waals surface area contributed by atoms with Crippen molar-refractivity contribution in [3.8, 4) is 0 Å². The maximum Gasteiger partial charge on any atom is 0.287 e. The number of carbonyl (C=O) groups excluding carboxylic acids is 1. The highest BCUT2D eigenvalue weighted by atomic mass is 16.6. The van der Waals surface area contributed by atoms with Gasteiger partial charge in [-0.05, 0) is 18.4 Å². The van der Waals surface area contributed by atoms with Crippen LogP contribution < -0.4 is 0 Å². The van der Waals surface area contributed by atoms with Crippen LogP contribution in [0.4, 0.5) is 5.69 Å². The number of aromatic nitrogens is 1. The zero-order chi connectivity index (χ0) is 14.1. The van der Waals surface area contributed by atoms with Crippen LogP contribution in [0.15, 0.2) is 12.3 Å². The quantitative estimate of drug-likeness (QED) is 0.611. The van der Waals surface area contributed by atoms with Crippen molar-refractivity contribution >= 4 is 11.6 Å². The maximum absolute atomic E-state index is 12.4. The van der Waals surface area contributed by atoms with E-state index in [0.717, 1.165) is 36.9 Å². The molecule has 2 heterocycles. The molecule has 6 nitrogen and oxygen atoms in total. The number of pyridine rings is 1. The molecule has 2 aliphatic rings. The Morgan fingerprint density at radius 2 is 2.15 bits per heavy atom. The van der Waals surface area contributed by atoms with Crippen LogP contribution >= 0.6 is 0 Å². The third-order valence-electron chi connectivity index (χ3n) is 4.25. The van der Waals surface area contributed by atoms with Crippen LogP contribution in [0.2, 0.25) is 0 Å². The molecule has 0 aromatic carbocycles. The fourth-order valence-corrected chi connectivity index (χ4v) is 3.13. The minimum atomic E-state index is -0.439. The van der Waals surface area contributed by atoms with Crippen LogP contribution in [-0.4, -0.2) is 27.3 Å². The minimum Gasteiger partial charge on any atom is -0.338 e. The number of hydrogen-bond acceptors (Lipinski definition) is 4. The molecule has 0 bridgehead atoms. The SMILES string of the molecule is O=C(C1CCCC1)N1CCc2ncc([N+](=O)[O-])cc2C1. The zero-order valence-corrected chi connectivity index (χ0v) is 11.2. The maximum atomic E-state index is 12.4. The van der Waals surface area contributed by atoms with Crippen molar-refractivity contribution in [3.05, 3.63) is 33.6 Å². The molecule has 1 aliphatic heterocycles. The summed E-state index contributed by atoms with van der Waals surface area (Å²) in [6.45, 7) is 1.13. The summed E-state index contributed by atoms with van der Waals surface area (Å²) in [6, 6.07) is 1.55. The van der Waals surface area contributed by atoms with Crippen molar-refractivity contribution in [1.82, 2.24) is 9.88 Å². The van der Waals surface area contributed by atoms with Gasteiger partial charge in [0.2, 0.25) is 5.91 Å². The third-order valence-corrected chi connectivity index (χ3v) is 4.25. The first-order valence-electron chi connectivity index (χ1n) is 7.06. The van der Waals surface area contributed by atoms with Gasteiger partial charge in [-0.3, -0.25) is 19.9 Å². The molecule has 6 heteroatoms. The van der Waals surface area contributed by atoms with E-state index in [0.29, 0.717) is 19.5 Å². The number of hydrogen-bond donors (Lipinski definition) is 0. The summed E-state index contributed by atoms with van der Waals surface area (Å²) < 4.78 is 0. The first kappa shape index (κ1) is 13.0. The molecule has 106 valence electrons. The largest absolute Gasteiger partial charge is 0.338 e. The molecule has 0 N–H and O–H groups in total. The number of amides is 1. The predicted octanol–water partition coefficient (Wildman–Crippen LogP) is 2.06. The van der Waals surface area contributed by atoms with Crippen LogP contribution in [0.5, 0.6) is 0 Å². The summed E-state index contributed by atoms with van der Waals surface area (Å²) in [5.74, 6) is 0.364. The smallest absolute Gasteiger partial charge is 0.287 e. The molecule has 1 aromatic heterocycles. The Kier molecular flexibility index (Phi) is 3.38. The van der Waals surface area contributed by atoms with Gasteiger partial charge in [-0.1, -0.05) is 12.8 Å². The zero-order valence-electron chi connectivity index (χ0n) is 11.2. The first-order chi connectivity index (χ1) is 9.65. The lowest BCUT2D eigenvalue weighted by Gasteiger charge is -2.30. The van der Waals surface area contributed by atoms with Gasteiger partial charge in [-0.2, -0.15) is 0 Å². The number of nitro groups is 1. The molecule has 1 amide bonds.